The van der Waals surface area contributed by atoms with Gasteiger partial charge in [-0.1, -0.05) is 6.07 Å². The maximum atomic E-state index is 12.8. The average Bonchev–Trinajstić information content (AvgIpc) is 2.87. The summed E-state index contributed by atoms with van der Waals surface area (Å²) >= 11 is 0. The van der Waals surface area contributed by atoms with Gasteiger partial charge in [0.2, 0.25) is 0 Å². The highest BCUT2D eigenvalue weighted by Gasteiger charge is 2.31. The minimum atomic E-state index is -4.53. The van der Waals surface area contributed by atoms with Gasteiger partial charge in [-0.25, -0.2) is 0 Å². The Balaban J connectivity index is 1.39. The first-order chi connectivity index (χ1) is 17.2. The molecular weight excluding hydrogens is 477 g/mol. The van der Waals surface area contributed by atoms with Gasteiger partial charge in [-0.3, -0.25) is 14.4 Å². The van der Waals surface area contributed by atoms with Crippen LogP contribution >= 0.6 is 0 Å². The second-order valence-corrected chi connectivity index (χ2v) is 8.46. The predicted molar refractivity (Wildman–Crippen MR) is 126 cm³/mol. The molecule has 0 aromatic heterocycles. The number of hydrogen-bond acceptors (Lipinski definition) is 5. The van der Waals surface area contributed by atoms with Crippen LogP contribution in [0.5, 0.6) is 5.75 Å². The summed E-state index contributed by atoms with van der Waals surface area (Å²) in [5, 5.41) is 5.14. The Kier molecular flexibility index (Phi) is 9.32. The zero-order valence-electron chi connectivity index (χ0n) is 19.9. The van der Waals surface area contributed by atoms with E-state index in [1.54, 1.807) is 31.2 Å². The van der Waals surface area contributed by atoms with Gasteiger partial charge in [0.05, 0.1) is 24.2 Å². The molecule has 7 nitrogen and oxygen atoms in total. The monoisotopic (exact) mass is 506 g/mol. The number of benzene rings is 2. The summed E-state index contributed by atoms with van der Waals surface area (Å²) in [6.07, 6.45) is -1.61. The van der Waals surface area contributed by atoms with Crippen molar-refractivity contribution in [3.05, 3.63) is 65.2 Å². The lowest BCUT2D eigenvalue weighted by Crippen LogP contribution is -2.34. The van der Waals surface area contributed by atoms with Gasteiger partial charge in [0.25, 0.3) is 11.8 Å². The van der Waals surface area contributed by atoms with Gasteiger partial charge < -0.3 is 20.1 Å². The maximum Gasteiger partial charge on any atom is 0.416 e. The number of alkyl halides is 3. The largest absolute Gasteiger partial charge is 0.490 e. The third-order valence-corrected chi connectivity index (χ3v) is 5.86. The second-order valence-electron chi connectivity index (χ2n) is 8.46. The van der Waals surface area contributed by atoms with Crippen LogP contribution in [-0.2, 0) is 15.7 Å². The molecule has 0 unspecified atom stereocenters. The van der Waals surface area contributed by atoms with E-state index in [0.29, 0.717) is 30.8 Å². The van der Waals surface area contributed by atoms with Crippen molar-refractivity contribution in [3.63, 3.8) is 0 Å². The molecule has 194 valence electrons. The van der Waals surface area contributed by atoms with Gasteiger partial charge in [-0.15, -0.1) is 0 Å². The highest BCUT2D eigenvalue weighted by Crippen LogP contribution is 2.30. The van der Waals surface area contributed by atoms with Crippen molar-refractivity contribution in [2.24, 2.45) is 5.92 Å². The molecule has 3 rings (SSSR count). The van der Waals surface area contributed by atoms with E-state index in [4.69, 9.17) is 9.47 Å². The maximum absolute atomic E-state index is 12.8. The lowest BCUT2D eigenvalue weighted by molar-refractivity contribution is -0.149. The normalized spacial score (nSPS) is 17.7. The third kappa shape index (κ3) is 7.73. The summed E-state index contributed by atoms with van der Waals surface area (Å²) in [6, 6.07) is 10.8. The smallest absolute Gasteiger partial charge is 0.416 e. The fourth-order valence-electron chi connectivity index (χ4n) is 3.95. The van der Waals surface area contributed by atoms with E-state index in [2.05, 4.69) is 10.6 Å². The summed E-state index contributed by atoms with van der Waals surface area (Å²) in [5.41, 5.74) is -0.612. The van der Waals surface area contributed by atoms with Gasteiger partial charge >= 0.3 is 12.1 Å². The summed E-state index contributed by atoms with van der Waals surface area (Å²) in [6.45, 7) is 2.32. The van der Waals surface area contributed by atoms with Crippen LogP contribution in [0.1, 0.15) is 58.9 Å². The Morgan fingerprint density at radius 3 is 2.08 bits per heavy atom. The summed E-state index contributed by atoms with van der Waals surface area (Å²) in [5.74, 6) is -0.621. The number of carbonyl (C=O) groups is 3. The first kappa shape index (κ1) is 27.0. The van der Waals surface area contributed by atoms with Gasteiger partial charge in [0.1, 0.15) is 5.75 Å². The molecule has 0 aliphatic heterocycles. The van der Waals surface area contributed by atoms with Crippen LogP contribution in [0.25, 0.3) is 0 Å². The first-order valence-electron chi connectivity index (χ1n) is 11.8. The molecule has 0 heterocycles. The Bertz CT molecular complexity index is 1050. The Morgan fingerprint density at radius 2 is 1.50 bits per heavy atom. The lowest BCUT2D eigenvalue weighted by Gasteiger charge is -2.27. The molecule has 10 heteroatoms. The van der Waals surface area contributed by atoms with Gasteiger partial charge in [0.15, 0.2) is 0 Å². The Morgan fingerprint density at radius 1 is 0.889 bits per heavy atom. The zero-order chi connectivity index (χ0) is 26.1. The summed E-state index contributed by atoms with van der Waals surface area (Å²) in [7, 11) is 0. The van der Waals surface area contributed by atoms with Crippen LogP contribution < -0.4 is 15.4 Å². The Labute approximate surface area is 207 Å². The third-order valence-electron chi connectivity index (χ3n) is 5.86. The molecule has 36 heavy (non-hydrogen) atoms. The molecule has 0 atom stereocenters. The molecule has 2 aromatic rings. The van der Waals surface area contributed by atoms with Gasteiger partial charge in [-0.05, 0) is 75.1 Å². The van der Waals surface area contributed by atoms with E-state index in [-0.39, 0.29) is 42.6 Å². The quantitative estimate of drug-likeness (QED) is 0.389. The number of halogens is 3. The molecule has 1 aliphatic rings. The van der Waals surface area contributed by atoms with Crippen molar-refractivity contribution in [2.45, 2.75) is 44.9 Å². The topological polar surface area (TPSA) is 93.7 Å². The van der Waals surface area contributed by atoms with Crippen LogP contribution in [0.4, 0.5) is 13.2 Å². The van der Waals surface area contributed by atoms with E-state index in [1.807, 2.05) is 0 Å². The van der Waals surface area contributed by atoms with E-state index in [1.165, 1.54) is 12.1 Å². The number of hydrogen-bond donors (Lipinski definition) is 2. The van der Waals surface area contributed by atoms with Crippen molar-refractivity contribution < 1.29 is 37.0 Å². The number of ether oxygens (including phenoxy) is 2. The molecule has 2 N–H and O–H groups in total. The van der Waals surface area contributed by atoms with E-state index >= 15 is 0 Å². The second kappa shape index (κ2) is 12.4. The molecule has 0 bridgehead atoms. The molecule has 0 spiro atoms. The number of esters is 1. The molecule has 2 aromatic carbocycles. The fourth-order valence-corrected chi connectivity index (χ4v) is 3.95. The van der Waals surface area contributed by atoms with Crippen LogP contribution in [-0.4, -0.2) is 43.6 Å². The van der Waals surface area contributed by atoms with E-state index < -0.39 is 17.6 Å². The average molecular weight is 507 g/mol. The molecule has 0 radical (unpaired) electrons. The molecule has 1 fully saturated rings. The standard InChI is InChI=1S/C26H29F3N2O5/c1-2-35-25(34)18-8-12-22(13-9-18)36-21-10-6-17(7-11-21)23(32)30-14-15-31-24(33)19-4-3-5-20(16-19)26(27,28)29/h3-7,10-11,16,18,22H,2,8-9,12-15H2,1H3,(H,30,32)(H,31,33)/t18-,22+. The van der Waals surface area contributed by atoms with E-state index in [9.17, 15) is 27.6 Å². The van der Waals surface area contributed by atoms with E-state index in [0.717, 1.165) is 25.0 Å². The summed E-state index contributed by atoms with van der Waals surface area (Å²) < 4.78 is 49.4. The first-order valence-corrected chi connectivity index (χ1v) is 11.8. The van der Waals surface area contributed by atoms with Crippen molar-refractivity contribution in [1.82, 2.24) is 10.6 Å². The van der Waals surface area contributed by atoms with Crippen LogP contribution in [0.3, 0.4) is 0 Å². The number of amides is 2. The molecule has 1 aliphatic carbocycles. The fraction of sp³-hybridized carbons (Fsp3) is 0.423. The number of nitrogens with one attached hydrogen (secondary N) is 2. The molecule has 1 saturated carbocycles. The number of carbonyl (C=O) groups excluding carboxylic acids is 3. The molecule has 2 amide bonds. The van der Waals surface area contributed by atoms with Gasteiger partial charge in [0, 0.05) is 24.2 Å². The minimum Gasteiger partial charge on any atom is -0.490 e. The van der Waals surface area contributed by atoms with Crippen molar-refractivity contribution in [1.29, 1.82) is 0 Å². The minimum absolute atomic E-state index is 0.00390. The van der Waals surface area contributed by atoms with Crippen molar-refractivity contribution in [3.8, 4) is 5.75 Å². The summed E-state index contributed by atoms with van der Waals surface area (Å²) in [4.78, 5) is 36.3. The lowest BCUT2D eigenvalue weighted by atomic mass is 9.87. The van der Waals surface area contributed by atoms with Crippen LogP contribution in [0.15, 0.2) is 48.5 Å². The van der Waals surface area contributed by atoms with Crippen molar-refractivity contribution in [2.75, 3.05) is 19.7 Å². The SMILES string of the molecule is CCOC(=O)[C@H]1CC[C@@H](Oc2ccc(C(=O)NCCNC(=O)c3cccc(C(F)(F)F)c3)cc2)CC1. The van der Waals surface area contributed by atoms with Crippen LogP contribution in [0.2, 0.25) is 0 Å². The molecular formula is C26H29F3N2O5. The highest BCUT2D eigenvalue weighted by atomic mass is 19.4. The molecule has 0 saturated heterocycles. The highest BCUT2D eigenvalue weighted by molar-refractivity contribution is 5.95. The van der Waals surface area contributed by atoms with Crippen LogP contribution in [0, 0.1) is 5.92 Å². The Hall–Kier alpha value is -3.56. The predicted octanol–water partition coefficient (Wildman–Crippen LogP) is 4.37. The number of rotatable bonds is 9. The van der Waals surface area contributed by atoms with Gasteiger partial charge in [-0.2, -0.15) is 13.2 Å². The van der Waals surface area contributed by atoms with Crippen molar-refractivity contribution >= 4 is 17.8 Å². The zero-order valence-corrected chi connectivity index (χ0v) is 19.9.